The summed E-state index contributed by atoms with van der Waals surface area (Å²) in [7, 11) is 0. The molecule has 16 heavy (non-hydrogen) atoms. The number of halogens is 1. The normalized spacial score (nSPS) is 13.3. The number of hydrogen-bond donors (Lipinski definition) is 1. The first kappa shape index (κ1) is 11.8. The van der Waals surface area contributed by atoms with Crippen LogP contribution in [-0.2, 0) is 11.2 Å². The maximum atomic E-state index is 10.4. The Morgan fingerprint density at radius 1 is 1.56 bits per heavy atom. The molecule has 0 amide bonds. The lowest BCUT2D eigenvalue weighted by atomic mass is 10.2. The smallest absolute Gasteiger partial charge is 0.304 e. The highest BCUT2D eigenvalue weighted by molar-refractivity contribution is 9.10. The molecule has 0 saturated carbocycles. The van der Waals surface area contributed by atoms with Crippen molar-refractivity contribution in [1.29, 1.82) is 0 Å². The van der Waals surface area contributed by atoms with Crippen LogP contribution in [0.15, 0.2) is 21.5 Å². The second-order valence-electron chi connectivity index (χ2n) is 3.48. The number of carboxylic acid groups (broad SMARTS) is 1. The van der Waals surface area contributed by atoms with Crippen LogP contribution in [0.5, 0.6) is 5.75 Å². The van der Waals surface area contributed by atoms with Gasteiger partial charge in [-0.2, -0.15) is 0 Å². The molecule has 3 nitrogen and oxygen atoms in total. The predicted molar refractivity (Wildman–Crippen MR) is 66.3 cm³/mol. The Kier molecular flexibility index (Phi) is 3.76. The molecule has 0 atom stereocenters. The van der Waals surface area contributed by atoms with Gasteiger partial charge in [-0.05, 0) is 33.6 Å². The number of carboxylic acids is 1. The zero-order valence-electron chi connectivity index (χ0n) is 8.53. The van der Waals surface area contributed by atoms with Crippen LogP contribution in [-0.4, -0.2) is 23.4 Å². The largest absolute Gasteiger partial charge is 0.493 e. The Morgan fingerprint density at radius 3 is 3.12 bits per heavy atom. The number of ether oxygens (including phenoxy) is 1. The van der Waals surface area contributed by atoms with Gasteiger partial charge in [-0.15, -0.1) is 11.8 Å². The van der Waals surface area contributed by atoms with Gasteiger partial charge < -0.3 is 9.84 Å². The van der Waals surface area contributed by atoms with Gasteiger partial charge in [0.25, 0.3) is 0 Å². The van der Waals surface area contributed by atoms with Crippen LogP contribution in [0.1, 0.15) is 12.0 Å². The summed E-state index contributed by atoms with van der Waals surface area (Å²) < 4.78 is 6.42. The fraction of sp³-hybridized carbons (Fsp3) is 0.364. The lowest BCUT2D eigenvalue weighted by molar-refractivity contribution is -0.136. The summed E-state index contributed by atoms with van der Waals surface area (Å²) >= 11 is 5.03. The van der Waals surface area contributed by atoms with E-state index >= 15 is 0 Å². The van der Waals surface area contributed by atoms with Crippen LogP contribution in [0.3, 0.4) is 0 Å². The van der Waals surface area contributed by atoms with E-state index in [4.69, 9.17) is 9.84 Å². The van der Waals surface area contributed by atoms with E-state index in [1.165, 1.54) is 5.56 Å². The molecular weight excluding hydrogens is 292 g/mol. The van der Waals surface area contributed by atoms with Crippen molar-refractivity contribution in [3.63, 3.8) is 0 Å². The summed E-state index contributed by atoms with van der Waals surface area (Å²) in [6.07, 6.45) is 1.12. The van der Waals surface area contributed by atoms with E-state index in [1.807, 2.05) is 6.07 Å². The topological polar surface area (TPSA) is 46.5 Å². The monoisotopic (exact) mass is 302 g/mol. The van der Waals surface area contributed by atoms with Gasteiger partial charge in [0.15, 0.2) is 0 Å². The molecule has 0 radical (unpaired) electrons. The first-order valence-electron chi connectivity index (χ1n) is 4.96. The van der Waals surface area contributed by atoms with E-state index in [1.54, 1.807) is 11.8 Å². The number of hydrogen-bond acceptors (Lipinski definition) is 3. The van der Waals surface area contributed by atoms with Crippen LogP contribution in [0.25, 0.3) is 0 Å². The molecular formula is C11H11BrO3S. The van der Waals surface area contributed by atoms with Gasteiger partial charge in [-0.25, -0.2) is 0 Å². The number of aliphatic carboxylic acids is 1. The Bertz CT molecular complexity index is 420. The van der Waals surface area contributed by atoms with Gasteiger partial charge in [0, 0.05) is 21.5 Å². The second kappa shape index (κ2) is 5.10. The van der Waals surface area contributed by atoms with Crippen molar-refractivity contribution >= 4 is 33.7 Å². The molecule has 1 heterocycles. The Hall–Kier alpha value is -0.680. The molecule has 1 aliphatic rings. The van der Waals surface area contributed by atoms with Gasteiger partial charge >= 0.3 is 5.97 Å². The maximum Gasteiger partial charge on any atom is 0.304 e. The standard InChI is InChI=1S/C11H11BrO3S/c12-8-6-9-7(1-3-15-9)5-10(8)16-4-2-11(13)14/h5-6H,1-4H2,(H,13,14). The highest BCUT2D eigenvalue weighted by Gasteiger charge is 2.15. The first-order valence-corrected chi connectivity index (χ1v) is 6.74. The van der Waals surface area contributed by atoms with Crippen molar-refractivity contribution in [1.82, 2.24) is 0 Å². The molecule has 0 saturated heterocycles. The molecule has 1 aliphatic heterocycles. The SMILES string of the molecule is O=C(O)CCSc1cc2c(cc1Br)OCC2. The third kappa shape index (κ3) is 2.71. The van der Waals surface area contributed by atoms with Crippen molar-refractivity contribution in [2.24, 2.45) is 0 Å². The van der Waals surface area contributed by atoms with Crippen LogP contribution >= 0.6 is 27.7 Å². The predicted octanol–water partition coefficient (Wildman–Crippen LogP) is 2.95. The van der Waals surface area contributed by atoms with Crippen molar-refractivity contribution < 1.29 is 14.6 Å². The van der Waals surface area contributed by atoms with Crippen molar-refractivity contribution in [3.05, 3.63) is 22.2 Å². The van der Waals surface area contributed by atoms with Gasteiger partial charge in [0.2, 0.25) is 0 Å². The lowest BCUT2D eigenvalue weighted by Crippen LogP contribution is -1.96. The maximum absolute atomic E-state index is 10.4. The van der Waals surface area contributed by atoms with Crippen LogP contribution in [0.4, 0.5) is 0 Å². The van der Waals surface area contributed by atoms with Gasteiger partial charge in [0.05, 0.1) is 13.0 Å². The van der Waals surface area contributed by atoms with Crippen molar-refractivity contribution in [2.45, 2.75) is 17.7 Å². The van der Waals surface area contributed by atoms with E-state index < -0.39 is 5.97 Å². The molecule has 86 valence electrons. The molecule has 0 bridgehead atoms. The molecule has 1 aromatic carbocycles. The van der Waals surface area contributed by atoms with Crippen molar-refractivity contribution in [2.75, 3.05) is 12.4 Å². The average molecular weight is 303 g/mol. The summed E-state index contributed by atoms with van der Waals surface area (Å²) in [5, 5.41) is 8.57. The molecule has 2 rings (SSSR count). The number of rotatable bonds is 4. The fourth-order valence-corrected chi connectivity index (χ4v) is 3.12. The Balaban J connectivity index is 2.06. The summed E-state index contributed by atoms with van der Waals surface area (Å²) in [4.78, 5) is 11.5. The molecule has 0 aromatic heterocycles. The van der Waals surface area contributed by atoms with Gasteiger partial charge in [-0.1, -0.05) is 0 Å². The highest BCUT2D eigenvalue weighted by atomic mass is 79.9. The summed E-state index contributed by atoms with van der Waals surface area (Å²) in [5.41, 5.74) is 1.21. The lowest BCUT2D eigenvalue weighted by Gasteiger charge is -2.06. The second-order valence-corrected chi connectivity index (χ2v) is 5.47. The Morgan fingerprint density at radius 2 is 2.38 bits per heavy atom. The Labute approximate surface area is 106 Å². The quantitative estimate of drug-likeness (QED) is 0.869. The summed E-state index contributed by atoms with van der Waals surface area (Å²) in [6, 6.07) is 4.05. The zero-order valence-corrected chi connectivity index (χ0v) is 10.9. The third-order valence-electron chi connectivity index (χ3n) is 2.32. The van der Waals surface area contributed by atoms with E-state index in [9.17, 15) is 4.79 Å². The van der Waals surface area contributed by atoms with Crippen LogP contribution in [0.2, 0.25) is 0 Å². The van der Waals surface area contributed by atoms with Gasteiger partial charge in [0.1, 0.15) is 5.75 Å². The third-order valence-corrected chi connectivity index (χ3v) is 4.29. The molecule has 0 spiro atoms. The molecule has 1 N–H and O–H groups in total. The number of carbonyl (C=O) groups is 1. The molecule has 0 unspecified atom stereocenters. The minimum absolute atomic E-state index is 0.185. The number of benzene rings is 1. The van der Waals surface area contributed by atoms with E-state index in [2.05, 4.69) is 22.0 Å². The fourth-order valence-electron chi connectivity index (χ4n) is 1.54. The highest BCUT2D eigenvalue weighted by Crippen LogP contribution is 2.36. The van der Waals surface area contributed by atoms with E-state index in [0.717, 1.165) is 28.1 Å². The number of thioether (sulfide) groups is 1. The minimum atomic E-state index is -0.756. The molecule has 0 fully saturated rings. The summed E-state index contributed by atoms with van der Waals surface area (Å²) in [5.74, 6) is 0.774. The first-order chi connectivity index (χ1) is 7.66. The van der Waals surface area contributed by atoms with Crippen LogP contribution in [0, 0.1) is 0 Å². The number of fused-ring (bicyclic) bond motifs is 1. The molecule has 5 heteroatoms. The van der Waals surface area contributed by atoms with Crippen LogP contribution < -0.4 is 4.74 Å². The molecule has 0 aliphatic carbocycles. The average Bonchev–Trinajstić information content (AvgIpc) is 2.64. The van der Waals surface area contributed by atoms with Crippen molar-refractivity contribution in [3.8, 4) is 5.75 Å². The van der Waals surface area contributed by atoms with E-state index in [0.29, 0.717) is 5.75 Å². The zero-order chi connectivity index (χ0) is 11.5. The summed E-state index contributed by atoms with van der Waals surface area (Å²) in [6.45, 7) is 0.741. The van der Waals surface area contributed by atoms with Gasteiger partial charge in [-0.3, -0.25) is 4.79 Å². The van der Waals surface area contributed by atoms with E-state index in [-0.39, 0.29) is 6.42 Å². The molecule has 1 aromatic rings. The minimum Gasteiger partial charge on any atom is -0.493 e.